The fourth-order valence-corrected chi connectivity index (χ4v) is 5.29. The van der Waals surface area contributed by atoms with Crippen molar-refractivity contribution in [2.45, 2.75) is 53.6 Å². The van der Waals surface area contributed by atoms with Gasteiger partial charge in [0.25, 0.3) is 0 Å². The van der Waals surface area contributed by atoms with E-state index >= 15 is 0 Å². The van der Waals surface area contributed by atoms with E-state index in [0.29, 0.717) is 18.8 Å². The minimum Gasteiger partial charge on any atom is -0.439 e. The molecule has 1 atom stereocenters. The zero-order valence-corrected chi connectivity index (χ0v) is 19.1. The first kappa shape index (κ1) is 20.0. The molecule has 0 radical (unpaired) electrons. The minimum absolute atomic E-state index is 0.0279. The molecule has 2 aliphatic rings. The van der Waals surface area contributed by atoms with Crippen molar-refractivity contribution in [3.63, 3.8) is 0 Å². The number of hydrogen-bond donors (Lipinski definition) is 0. The van der Waals surface area contributed by atoms with Crippen LogP contribution in [0, 0.1) is 16.7 Å². The molecule has 0 bridgehead atoms. The maximum absolute atomic E-state index is 13.4. The van der Waals surface area contributed by atoms with E-state index in [1.807, 2.05) is 30.3 Å². The third kappa shape index (κ3) is 2.95. The number of carbonyl (C=O) groups excluding carboxylic acids is 1. The Hall–Kier alpha value is -2.89. The second kappa shape index (κ2) is 6.55. The van der Waals surface area contributed by atoms with E-state index in [-0.39, 0.29) is 28.7 Å². The second-order valence-electron chi connectivity index (χ2n) is 10.2. The Labute approximate surface area is 183 Å². The molecule has 0 N–H and O–H groups in total. The largest absolute Gasteiger partial charge is 0.439 e. The smallest absolute Gasteiger partial charge is 0.227 e. The van der Waals surface area contributed by atoms with E-state index in [0.717, 1.165) is 27.9 Å². The van der Waals surface area contributed by atoms with Crippen molar-refractivity contribution < 1.29 is 9.53 Å². The van der Waals surface area contributed by atoms with Crippen molar-refractivity contribution in [2.75, 3.05) is 0 Å². The molecule has 5 rings (SSSR count). The molecule has 1 saturated carbocycles. The normalized spacial score (nSPS) is 21.7. The summed E-state index contributed by atoms with van der Waals surface area (Å²) in [5.41, 5.74) is 3.10. The van der Waals surface area contributed by atoms with Crippen LogP contribution in [0.1, 0.15) is 45.9 Å². The van der Waals surface area contributed by atoms with Gasteiger partial charge in [-0.25, -0.2) is 9.97 Å². The van der Waals surface area contributed by atoms with Crippen LogP contribution in [-0.2, 0) is 24.8 Å². The van der Waals surface area contributed by atoms with Crippen LogP contribution < -0.4 is 4.74 Å². The van der Waals surface area contributed by atoms with Crippen molar-refractivity contribution in [3.05, 3.63) is 48.0 Å². The first-order valence-corrected chi connectivity index (χ1v) is 11.0. The predicted octanol–water partition coefficient (Wildman–Crippen LogP) is 4.72. The van der Waals surface area contributed by atoms with Gasteiger partial charge in [-0.2, -0.15) is 0 Å². The number of rotatable bonds is 3. The van der Waals surface area contributed by atoms with Crippen molar-refractivity contribution in [3.8, 4) is 11.6 Å². The standard InChI is InChI=1S/C25H30N4O2/c1-15-11-18-19(13-29(15)23(30)21-24(2,3)25(21,4)5)26-14-27-22(18)31-17-7-8-20-16(12-17)9-10-28(20)6/h7-10,12,14-15,21H,11,13H2,1-6H3/t15-/m0/s1. The molecule has 1 aromatic carbocycles. The van der Waals surface area contributed by atoms with E-state index in [1.165, 1.54) is 0 Å². The van der Waals surface area contributed by atoms with Crippen molar-refractivity contribution in [1.82, 2.24) is 19.4 Å². The molecule has 162 valence electrons. The minimum atomic E-state index is 0.0279. The molecule has 1 fully saturated rings. The van der Waals surface area contributed by atoms with Gasteiger partial charge in [-0.3, -0.25) is 4.79 Å². The summed E-state index contributed by atoms with van der Waals surface area (Å²) in [7, 11) is 2.03. The van der Waals surface area contributed by atoms with Crippen LogP contribution in [0.4, 0.5) is 0 Å². The fourth-order valence-electron chi connectivity index (χ4n) is 5.29. The van der Waals surface area contributed by atoms with Gasteiger partial charge >= 0.3 is 0 Å². The molecule has 3 aromatic rings. The van der Waals surface area contributed by atoms with Gasteiger partial charge in [0.2, 0.25) is 11.8 Å². The molecular formula is C25H30N4O2. The molecule has 6 heteroatoms. The molecule has 0 spiro atoms. The van der Waals surface area contributed by atoms with Gasteiger partial charge < -0.3 is 14.2 Å². The number of ether oxygens (including phenoxy) is 1. The quantitative estimate of drug-likeness (QED) is 0.618. The lowest BCUT2D eigenvalue weighted by Gasteiger charge is -2.35. The SMILES string of the molecule is C[C@H]1Cc2c(ncnc2Oc2ccc3c(ccn3C)c2)CN1C(=O)C1C(C)(C)C1(C)C. The van der Waals surface area contributed by atoms with Crippen LogP contribution >= 0.6 is 0 Å². The van der Waals surface area contributed by atoms with E-state index in [4.69, 9.17) is 4.74 Å². The third-order valence-electron chi connectivity index (χ3n) is 7.97. The van der Waals surface area contributed by atoms with Gasteiger partial charge in [0, 0.05) is 41.7 Å². The van der Waals surface area contributed by atoms with Crippen molar-refractivity contribution in [2.24, 2.45) is 23.8 Å². The molecular weight excluding hydrogens is 388 g/mol. The Morgan fingerprint density at radius 2 is 1.87 bits per heavy atom. The average Bonchev–Trinajstić information content (AvgIpc) is 2.95. The van der Waals surface area contributed by atoms with Crippen molar-refractivity contribution >= 4 is 16.8 Å². The van der Waals surface area contributed by atoms with Gasteiger partial charge in [-0.05, 0) is 48.4 Å². The summed E-state index contributed by atoms with van der Waals surface area (Å²) in [5, 5.41) is 1.13. The average molecular weight is 419 g/mol. The second-order valence-corrected chi connectivity index (χ2v) is 10.2. The molecule has 31 heavy (non-hydrogen) atoms. The van der Waals surface area contributed by atoms with Gasteiger partial charge in [-0.1, -0.05) is 27.7 Å². The van der Waals surface area contributed by atoms with Gasteiger partial charge in [0.15, 0.2) is 0 Å². The molecule has 1 aliphatic carbocycles. The number of nitrogens with zero attached hydrogens (tertiary/aromatic N) is 4. The number of carbonyl (C=O) groups is 1. The van der Waals surface area contributed by atoms with E-state index in [2.05, 4.69) is 61.3 Å². The fraction of sp³-hybridized carbons (Fsp3) is 0.480. The van der Waals surface area contributed by atoms with Gasteiger partial charge in [0.1, 0.15) is 12.1 Å². The van der Waals surface area contributed by atoms with Crippen LogP contribution in [0.2, 0.25) is 0 Å². The Balaban J connectivity index is 1.41. The maximum atomic E-state index is 13.4. The summed E-state index contributed by atoms with van der Waals surface area (Å²) in [6, 6.07) is 8.21. The highest BCUT2D eigenvalue weighted by atomic mass is 16.5. The van der Waals surface area contributed by atoms with Crippen LogP contribution in [0.3, 0.4) is 0 Å². The number of fused-ring (bicyclic) bond motifs is 2. The third-order valence-corrected chi connectivity index (χ3v) is 7.97. The monoisotopic (exact) mass is 418 g/mol. The van der Waals surface area contributed by atoms with Gasteiger partial charge in [0.05, 0.1) is 12.2 Å². The Kier molecular flexibility index (Phi) is 4.24. The maximum Gasteiger partial charge on any atom is 0.227 e. The number of amides is 1. The summed E-state index contributed by atoms with van der Waals surface area (Å²) in [6.45, 7) is 11.4. The summed E-state index contributed by atoms with van der Waals surface area (Å²) in [6.07, 6.45) is 4.27. The number of aromatic nitrogens is 3. The summed E-state index contributed by atoms with van der Waals surface area (Å²) in [4.78, 5) is 24.3. The highest BCUT2D eigenvalue weighted by molar-refractivity contribution is 5.85. The van der Waals surface area contributed by atoms with E-state index < -0.39 is 0 Å². The predicted molar refractivity (Wildman–Crippen MR) is 120 cm³/mol. The molecule has 6 nitrogen and oxygen atoms in total. The topological polar surface area (TPSA) is 60.3 Å². The van der Waals surface area contributed by atoms with Crippen LogP contribution in [0.5, 0.6) is 11.6 Å². The Morgan fingerprint density at radius 1 is 1.13 bits per heavy atom. The molecule has 1 aliphatic heterocycles. The van der Waals surface area contributed by atoms with E-state index in [1.54, 1.807) is 6.33 Å². The molecule has 0 saturated heterocycles. The Bertz CT molecular complexity index is 1180. The first-order valence-electron chi connectivity index (χ1n) is 11.0. The lowest BCUT2D eigenvalue weighted by molar-refractivity contribution is -0.137. The summed E-state index contributed by atoms with van der Waals surface area (Å²) >= 11 is 0. The highest BCUT2D eigenvalue weighted by Gasteiger charge is 2.69. The Morgan fingerprint density at radius 3 is 2.58 bits per heavy atom. The van der Waals surface area contributed by atoms with Crippen LogP contribution in [-0.4, -0.2) is 31.4 Å². The van der Waals surface area contributed by atoms with Crippen LogP contribution in [0.15, 0.2) is 36.8 Å². The zero-order chi connectivity index (χ0) is 22.1. The summed E-state index contributed by atoms with van der Waals surface area (Å²) < 4.78 is 8.29. The zero-order valence-electron chi connectivity index (χ0n) is 19.1. The lowest BCUT2D eigenvalue weighted by Crippen LogP contribution is -2.44. The van der Waals surface area contributed by atoms with E-state index in [9.17, 15) is 4.79 Å². The number of benzene rings is 1. The van der Waals surface area contributed by atoms with Gasteiger partial charge in [-0.15, -0.1) is 0 Å². The molecule has 0 unspecified atom stereocenters. The molecule has 3 heterocycles. The van der Waals surface area contributed by atoms with Crippen molar-refractivity contribution in [1.29, 1.82) is 0 Å². The molecule has 2 aromatic heterocycles. The number of hydrogen-bond acceptors (Lipinski definition) is 4. The van der Waals surface area contributed by atoms with Crippen LogP contribution in [0.25, 0.3) is 10.9 Å². The first-order chi connectivity index (χ1) is 14.6. The number of aryl methyl sites for hydroxylation is 1. The molecule has 1 amide bonds. The highest BCUT2D eigenvalue weighted by Crippen LogP contribution is 2.69. The summed E-state index contributed by atoms with van der Waals surface area (Å²) in [5.74, 6) is 1.64. The lowest BCUT2D eigenvalue weighted by atomic mass is 9.98.